The van der Waals surface area contributed by atoms with Crippen LogP contribution < -0.4 is 5.32 Å². The van der Waals surface area contributed by atoms with Crippen molar-refractivity contribution in [3.05, 3.63) is 0 Å². The summed E-state index contributed by atoms with van der Waals surface area (Å²) < 4.78 is 8.74. The van der Waals surface area contributed by atoms with Gasteiger partial charge in [-0.25, -0.2) is 0 Å². The van der Waals surface area contributed by atoms with E-state index < -0.39 is 14.2 Å². The average Bonchev–Trinajstić information content (AvgIpc) is 2.05. The molecule has 0 bridgehead atoms. The molecule has 13 heavy (non-hydrogen) atoms. The Morgan fingerprint density at radius 3 is 2.15 bits per heavy atom. The van der Waals surface area contributed by atoms with Gasteiger partial charge in [0.15, 0.2) is 0 Å². The molecule has 0 amide bonds. The molecule has 0 aromatic rings. The van der Waals surface area contributed by atoms with Gasteiger partial charge in [-0.2, -0.15) is 0 Å². The molecule has 1 atom stereocenters. The van der Waals surface area contributed by atoms with E-state index >= 15 is 0 Å². The van der Waals surface area contributed by atoms with Crippen LogP contribution in [0.3, 0.4) is 0 Å². The van der Waals surface area contributed by atoms with Gasteiger partial charge >= 0.3 is 14.2 Å². The molecule has 0 radical (unpaired) electrons. The van der Waals surface area contributed by atoms with Crippen molar-refractivity contribution < 1.29 is 24.3 Å². The first kappa shape index (κ1) is 12.6. The average molecular weight is 211 g/mol. The van der Waals surface area contributed by atoms with Gasteiger partial charge in [0.1, 0.15) is 6.04 Å². The molecule has 7 heteroatoms. The summed E-state index contributed by atoms with van der Waals surface area (Å²) in [6.45, 7) is 0.858. The van der Waals surface area contributed by atoms with Crippen molar-refractivity contribution >= 4 is 14.2 Å². The molecule has 0 spiro atoms. The van der Waals surface area contributed by atoms with E-state index in [1.54, 1.807) is 0 Å². The molecule has 6 nitrogen and oxygen atoms in total. The molecule has 1 unspecified atom stereocenters. The van der Waals surface area contributed by atoms with E-state index in [1.807, 2.05) is 0 Å². The van der Waals surface area contributed by atoms with Gasteiger partial charge in [-0.3, -0.25) is 9.36 Å². The summed E-state index contributed by atoms with van der Waals surface area (Å²) in [5, 5.41) is 11.4. The van der Waals surface area contributed by atoms with Gasteiger partial charge in [-0.05, 0) is 19.4 Å². The second-order valence-corrected chi connectivity index (χ2v) is 3.19. The Bertz CT molecular complexity index is 176. The fraction of sp³-hybridized carbons (Fsp3) is 0.833. The van der Waals surface area contributed by atoms with E-state index in [0.717, 1.165) is 25.8 Å². The quantitative estimate of drug-likeness (QED) is 0.438. The summed E-state index contributed by atoms with van der Waals surface area (Å²) in [6, 6.07) is -0.279. The summed E-state index contributed by atoms with van der Waals surface area (Å²) >= 11 is 0. The lowest BCUT2D eigenvalue weighted by Gasteiger charge is -2.18. The maximum atomic E-state index is 10.3. The van der Waals surface area contributed by atoms with Gasteiger partial charge in [0.05, 0.1) is 0 Å². The van der Waals surface area contributed by atoms with Gasteiger partial charge in [0.25, 0.3) is 0 Å². The van der Waals surface area contributed by atoms with E-state index in [9.17, 15) is 4.79 Å². The second-order valence-electron chi connectivity index (χ2n) is 2.62. The van der Waals surface area contributed by atoms with Crippen molar-refractivity contribution in [3.63, 3.8) is 0 Å². The maximum Gasteiger partial charge on any atom is 0.320 e. The van der Waals surface area contributed by atoms with Gasteiger partial charge in [-0.1, -0.05) is 6.42 Å². The minimum Gasteiger partial charge on any atom is -0.480 e. The monoisotopic (exact) mass is 211 g/mol. The van der Waals surface area contributed by atoms with Crippen LogP contribution in [-0.4, -0.2) is 33.4 Å². The third-order valence-corrected chi connectivity index (χ3v) is 1.61. The van der Waals surface area contributed by atoms with Crippen LogP contribution in [0.5, 0.6) is 0 Å². The summed E-state index contributed by atoms with van der Waals surface area (Å²) in [5.74, 6) is -0.713. The molecule has 1 aliphatic rings. The number of carboxylic acid groups (broad SMARTS) is 1. The van der Waals surface area contributed by atoms with Crippen molar-refractivity contribution in [1.82, 2.24) is 5.32 Å². The Kier molecular flexibility index (Phi) is 6.80. The highest BCUT2D eigenvalue weighted by Crippen LogP contribution is 2.05. The molecule has 0 aromatic heterocycles. The van der Waals surface area contributed by atoms with Crippen LogP contribution >= 0.6 is 8.25 Å². The highest BCUT2D eigenvalue weighted by molar-refractivity contribution is 7.30. The van der Waals surface area contributed by atoms with E-state index in [0.29, 0.717) is 0 Å². The molecule has 0 aromatic carbocycles. The highest BCUT2D eigenvalue weighted by Gasteiger charge is 2.18. The van der Waals surface area contributed by atoms with Gasteiger partial charge in [0, 0.05) is 0 Å². The topological polar surface area (TPSA) is 107 Å². The lowest BCUT2D eigenvalue weighted by atomic mass is 10.1. The second kappa shape index (κ2) is 7.03. The fourth-order valence-electron chi connectivity index (χ4n) is 1.06. The number of piperidine rings is 1. The van der Waals surface area contributed by atoms with E-state index in [-0.39, 0.29) is 6.04 Å². The molecular formula is C6H14NO5P. The Morgan fingerprint density at radius 1 is 1.38 bits per heavy atom. The van der Waals surface area contributed by atoms with Crippen LogP contribution in [-0.2, 0) is 9.36 Å². The maximum absolute atomic E-state index is 10.3. The third kappa shape index (κ3) is 7.93. The molecule has 1 rings (SSSR count). The molecule has 1 aliphatic heterocycles. The summed E-state index contributed by atoms with van der Waals surface area (Å²) in [7, 11) is -3.13. The van der Waals surface area contributed by atoms with Crippen molar-refractivity contribution in [1.29, 1.82) is 0 Å². The zero-order valence-corrected chi connectivity index (χ0v) is 8.06. The standard InChI is InChI=1S/C6H11NO2.H3O3P/c8-6(9)5-3-1-2-4-7-5;1-4(2)3/h5,7H,1-4H2,(H,8,9);4H,(H2,1,2,3). The fourth-order valence-corrected chi connectivity index (χ4v) is 1.06. The molecule has 4 N–H and O–H groups in total. The van der Waals surface area contributed by atoms with Crippen molar-refractivity contribution in [2.24, 2.45) is 0 Å². The number of carboxylic acids is 1. The van der Waals surface area contributed by atoms with Crippen molar-refractivity contribution in [2.45, 2.75) is 25.3 Å². The SMILES string of the molecule is O=C(O)C1CCCCN1.O=[PH](O)O. The van der Waals surface area contributed by atoms with E-state index in [4.69, 9.17) is 19.5 Å². The molecule has 0 saturated carbocycles. The Morgan fingerprint density at radius 2 is 1.92 bits per heavy atom. The number of hydrogen-bond donors (Lipinski definition) is 4. The minimum absolute atomic E-state index is 0.279. The molecule has 1 fully saturated rings. The first-order chi connectivity index (χ1) is 6.04. The number of hydrogen-bond acceptors (Lipinski definition) is 3. The summed E-state index contributed by atoms with van der Waals surface area (Å²) in [6.07, 6.45) is 2.95. The molecule has 1 heterocycles. The summed E-state index contributed by atoms with van der Waals surface area (Å²) in [4.78, 5) is 24.6. The number of carbonyl (C=O) groups is 1. The largest absolute Gasteiger partial charge is 0.480 e. The van der Waals surface area contributed by atoms with Crippen molar-refractivity contribution in [3.8, 4) is 0 Å². The Labute approximate surface area is 76.5 Å². The molecular weight excluding hydrogens is 197 g/mol. The zero-order chi connectivity index (χ0) is 10.3. The Hall–Kier alpha value is -0.420. The third-order valence-electron chi connectivity index (χ3n) is 1.61. The lowest BCUT2D eigenvalue weighted by Crippen LogP contribution is -2.40. The van der Waals surface area contributed by atoms with E-state index in [1.165, 1.54) is 0 Å². The predicted molar refractivity (Wildman–Crippen MR) is 46.7 cm³/mol. The Balaban J connectivity index is 0.000000310. The normalized spacial score (nSPS) is 21.9. The molecule has 1 saturated heterocycles. The van der Waals surface area contributed by atoms with Crippen LogP contribution in [0.2, 0.25) is 0 Å². The van der Waals surface area contributed by atoms with Gasteiger partial charge < -0.3 is 20.2 Å². The first-order valence-electron chi connectivity index (χ1n) is 3.92. The lowest BCUT2D eigenvalue weighted by molar-refractivity contribution is -0.140. The highest BCUT2D eigenvalue weighted by atomic mass is 31.1. The molecule has 78 valence electrons. The van der Waals surface area contributed by atoms with Gasteiger partial charge in [0.2, 0.25) is 0 Å². The number of aliphatic carboxylic acids is 1. The smallest absolute Gasteiger partial charge is 0.320 e. The number of nitrogens with one attached hydrogen (secondary N) is 1. The molecule has 0 aliphatic carbocycles. The van der Waals surface area contributed by atoms with Crippen LogP contribution in [0, 0.1) is 0 Å². The number of rotatable bonds is 1. The van der Waals surface area contributed by atoms with E-state index in [2.05, 4.69) is 5.32 Å². The van der Waals surface area contributed by atoms with Gasteiger partial charge in [-0.15, -0.1) is 0 Å². The minimum atomic E-state index is -3.13. The predicted octanol–water partition coefficient (Wildman–Crippen LogP) is -0.426. The van der Waals surface area contributed by atoms with Crippen molar-refractivity contribution in [2.75, 3.05) is 6.54 Å². The zero-order valence-electron chi connectivity index (χ0n) is 7.06. The van der Waals surface area contributed by atoms with Crippen LogP contribution in [0.25, 0.3) is 0 Å². The van der Waals surface area contributed by atoms with Crippen LogP contribution in [0.15, 0.2) is 0 Å². The summed E-state index contributed by atoms with van der Waals surface area (Å²) in [5.41, 5.74) is 0. The van der Waals surface area contributed by atoms with Crippen LogP contribution in [0.4, 0.5) is 0 Å². The van der Waals surface area contributed by atoms with Crippen LogP contribution in [0.1, 0.15) is 19.3 Å². The first-order valence-corrected chi connectivity index (χ1v) is 5.22.